The standard InChI is InChI=1S/Cr.5O/q;;;-2;2*-1. The Hall–Kier alpha value is 0.0125. The first-order valence-corrected chi connectivity index (χ1v) is 2.75. The molecule has 0 aliphatic carbocycles. The van der Waals surface area contributed by atoms with Gasteiger partial charge in [-0.15, -0.1) is 0 Å². The van der Waals surface area contributed by atoms with E-state index in [2.05, 4.69) is 0 Å². The van der Waals surface area contributed by atoms with Gasteiger partial charge < -0.3 is 5.48 Å². The summed E-state index contributed by atoms with van der Waals surface area (Å²) in [5.41, 5.74) is 0. The van der Waals surface area contributed by atoms with Gasteiger partial charge in [-0.3, -0.25) is 0 Å². The second-order valence-electron chi connectivity index (χ2n) is 0.408. The number of hydrogen-bond acceptors (Lipinski definition) is 4. The molecule has 0 aliphatic heterocycles. The first-order valence-electron chi connectivity index (χ1n) is 0.667. The Morgan fingerprint density at radius 3 is 1.17 bits per heavy atom. The molecule has 0 bridgehead atoms. The van der Waals surface area contributed by atoms with Gasteiger partial charge in [-0.25, -0.2) is 0 Å². The van der Waals surface area contributed by atoms with Gasteiger partial charge in [-0.1, -0.05) is 0 Å². The van der Waals surface area contributed by atoms with E-state index in [1.54, 1.807) is 0 Å². The first-order chi connectivity index (χ1) is 2.00. The molecule has 0 atom stereocenters. The molecule has 0 unspecified atom stereocenters. The molecule has 0 heterocycles. The Morgan fingerprint density at radius 2 is 1.17 bits per heavy atom. The van der Waals surface area contributed by atoms with Gasteiger partial charge in [-0.2, -0.15) is 0 Å². The SMILES string of the molecule is [O-2].[O]=[Cr](=[O])([O-])[O-]. The molecule has 0 spiro atoms. The van der Waals surface area contributed by atoms with Gasteiger partial charge in [0.15, 0.2) is 0 Å². The van der Waals surface area contributed by atoms with Crippen LogP contribution in [0.3, 0.4) is 0 Å². The van der Waals surface area contributed by atoms with Crippen molar-refractivity contribution in [2.75, 3.05) is 0 Å². The van der Waals surface area contributed by atoms with Crippen LogP contribution in [0.4, 0.5) is 0 Å². The van der Waals surface area contributed by atoms with Crippen LogP contribution in [-0.2, 0) is 26.7 Å². The summed E-state index contributed by atoms with van der Waals surface area (Å²) in [4.78, 5) is 0. The van der Waals surface area contributed by atoms with Crippen molar-refractivity contribution in [3.63, 3.8) is 0 Å². The third-order valence-electron chi connectivity index (χ3n) is 0. The fourth-order valence-electron chi connectivity index (χ4n) is 0. The van der Waals surface area contributed by atoms with E-state index < -0.39 is 13.6 Å². The number of rotatable bonds is 0. The summed E-state index contributed by atoms with van der Waals surface area (Å²) in [6.07, 6.45) is 0. The Labute approximate surface area is 35.9 Å². The van der Waals surface area contributed by atoms with E-state index in [1.807, 2.05) is 0 Å². The molecule has 0 rings (SSSR count). The average Bonchev–Trinajstić information content (AvgIpc) is 0.722. The molecule has 0 N–H and O–H groups in total. The molecule has 0 saturated heterocycles. The summed E-state index contributed by atoms with van der Waals surface area (Å²) in [7, 11) is 0. The fraction of sp³-hybridized carbons (Fsp3) is 0. The van der Waals surface area contributed by atoms with Crippen LogP contribution in [0.1, 0.15) is 0 Å². The van der Waals surface area contributed by atoms with Gasteiger partial charge in [0.25, 0.3) is 0 Å². The van der Waals surface area contributed by atoms with Crippen LogP contribution in [0, 0.1) is 0 Å². The van der Waals surface area contributed by atoms with Crippen LogP contribution >= 0.6 is 0 Å². The minimum absolute atomic E-state index is 0. The maximum atomic E-state index is 8.59. The Kier molecular flexibility index (Phi) is 3.49. The Balaban J connectivity index is 0. The second kappa shape index (κ2) is 2.23. The molecular weight excluding hydrogens is 132 g/mol. The van der Waals surface area contributed by atoms with Gasteiger partial charge in [0, 0.05) is 0 Å². The molecular formula is CrO5-4. The molecule has 0 aromatic carbocycles. The normalized spacial score (nSPS) is 9.67. The van der Waals surface area contributed by atoms with E-state index in [4.69, 9.17) is 15.9 Å². The van der Waals surface area contributed by atoms with Crippen molar-refractivity contribution in [3.8, 4) is 0 Å². The molecule has 0 aromatic rings. The van der Waals surface area contributed by atoms with Crippen molar-refractivity contribution >= 4 is 0 Å². The van der Waals surface area contributed by atoms with E-state index in [0.717, 1.165) is 0 Å². The van der Waals surface area contributed by atoms with Crippen molar-refractivity contribution in [1.29, 1.82) is 0 Å². The molecule has 0 saturated carbocycles. The van der Waals surface area contributed by atoms with Crippen molar-refractivity contribution in [1.82, 2.24) is 0 Å². The van der Waals surface area contributed by atoms with Crippen LogP contribution < -0.4 is 8.32 Å². The van der Waals surface area contributed by atoms with Gasteiger partial charge >= 0.3 is 29.5 Å². The fourth-order valence-corrected chi connectivity index (χ4v) is 0. The van der Waals surface area contributed by atoms with Crippen LogP contribution in [0.5, 0.6) is 0 Å². The van der Waals surface area contributed by atoms with E-state index in [9.17, 15) is 0 Å². The molecule has 0 aliphatic rings. The zero-order valence-electron chi connectivity index (χ0n) is 2.45. The van der Waals surface area contributed by atoms with E-state index in [0.29, 0.717) is 0 Å². The molecule has 5 nitrogen and oxygen atoms in total. The van der Waals surface area contributed by atoms with E-state index in [1.165, 1.54) is 0 Å². The first kappa shape index (κ1) is 9.38. The molecule has 40 valence electrons. The van der Waals surface area contributed by atoms with Crippen molar-refractivity contribution < 1.29 is 35.0 Å². The van der Waals surface area contributed by atoms with Gasteiger partial charge in [0.05, 0.1) is 0 Å². The summed E-state index contributed by atoms with van der Waals surface area (Å²) in [6, 6.07) is 0. The second-order valence-corrected chi connectivity index (χ2v) is 1.68. The summed E-state index contributed by atoms with van der Waals surface area (Å²) in [6.45, 7) is 0. The van der Waals surface area contributed by atoms with Crippen LogP contribution in [-0.4, -0.2) is 0 Å². The van der Waals surface area contributed by atoms with E-state index in [-0.39, 0.29) is 5.48 Å². The summed E-state index contributed by atoms with van der Waals surface area (Å²) < 4.78 is 34.4. The predicted octanol–water partition coefficient (Wildman–Crippen LogP) is -2.74. The summed E-state index contributed by atoms with van der Waals surface area (Å²) >= 11 is -5.75. The quantitative estimate of drug-likeness (QED) is 0.356. The average molecular weight is 132 g/mol. The van der Waals surface area contributed by atoms with Crippen LogP contribution in [0.25, 0.3) is 0 Å². The van der Waals surface area contributed by atoms with Crippen molar-refractivity contribution in [2.45, 2.75) is 0 Å². The van der Waals surface area contributed by atoms with Crippen molar-refractivity contribution in [2.24, 2.45) is 0 Å². The van der Waals surface area contributed by atoms with Gasteiger partial charge in [0.1, 0.15) is 0 Å². The van der Waals surface area contributed by atoms with Gasteiger partial charge in [-0.05, 0) is 0 Å². The van der Waals surface area contributed by atoms with E-state index >= 15 is 0 Å². The van der Waals surface area contributed by atoms with Crippen LogP contribution in [0.2, 0.25) is 0 Å². The van der Waals surface area contributed by atoms with Crippen LogP contribution in [0.15, 0.2) is 0 Å². The monoisotopic (exact) mass is 132 g/mol. The van der Waals surface area contributed by atoms with Gasteiger partial charge in [0.2, 0.25) is 0 Å². The molecule has 6 heavy (non-hydrogen) atoms. The summed E-state index contributed by atoms with van der Waals surface area (Å²) in [5, 5.41) is 0. The Morgan fingerprint density at radius 1 is 1.17 bits per heavy atom. The molecule has 6 heteroatoms. The predicted molar refractivity (Wildman–Crippen MR) is 2.06 cm³/mol. The van der Waals surface area contributed by atoms with Crippen molar-refractivity contribution in [3.05, 3.63) is 0 Å². The third-order valence-corrected chi connectivity index (χ3v) is 0. The number of hydrogen-bond donors (Lipinski definition) is 0. The molecule has 0 aromatic heterocycles. The zero-order chi connectivity index (χ0) is 4.50. The topological polar surface area (TPSA) is 109 Å². The Bertz CT molecular complexity index is 87.1. The molecule has 0 amide bonds. The molecule has 0 radical (unpaired) electrons. The third kappa shape index (κ3) is 234000. The zero-order valence-corrected chi connectivity index (χ0v) is 3.72. The molecule has 0 fully saturated rings. The summed E-state index contributed by atoms with van der Waals surface area (Å²) in [5.74, 6) is 0. The minimum atomic E-state index is -5.75. The maximum absolute atomic E-state index is 8.59.